The van der Waals surface area contributed by atoms with Gasteiger partial charge in [-0.3, -0.25) is 0 Å². The Hall–Kier alpha value is -0.947. The summed E-state index contributed by atoms with van der Waals surface area (Å²) in [6.45, 7) is 23.5. The van der Waals surface area contributed by atoms with Gasteiger partial charge < -0.3 is 0 Å². The van der Waals surface area contributed by atoms with Crippen molar-refractivity contribution in [2.75, 3.05) is 13.2 Å². The molecule has 4 aromatic rings. The van der Waals surface area contributed by atoms with E-state index in [2.05, 4.69) is 88.9 Å². The molecule has 3 aromatic heterocycles. The molecule has 0 amide bonds. The first-order chi connectivity index (χ1) is 25.0. The van der Waals surface area contributed by atoms with Gasteiger partial charge in [0.1, 0.15) is 0 Å². The van der Waals surface area contributed by atoms with Crippen molar-refractivity contribution in [3.63, 3.8) is 0 Å². The number of fused-ring (bicyclic) bond motifs is 3. The second-order valence-electron chi connectivity index (χ2n) is 17.6. The fourth-order valence-electron chi connectivity index (χ4n) is 7.25. The first-order valence-electron chi connectivity index (χ1n) is 21.4. The molecular weight excluding hydrogens is 801 g/mol. The van der Waals surface area contributed by atoms with Crippen LogP contribution in [0.5, 0.6) is 11.5 Å². The van der Waals surface area contributed by atoms with Crippen molar-refractivity contribution in [2.45, 2.75) is 188 Å². The van der Waals surface area contributed by atoms with Gasteiger partial charge in [-0.2, -0.15) is 0 Å². The van der Waals surface area contributed by atoms with Crippen LogP contribution in [0.2, 0.25) is 39.3 Å². The van der Waals surface area contributed by atoms with E-state index in [-0.39, 0.29) is 0 Å². The van der Waals surface area contributed by atoms with Crippen LogP contribution in [-0.2, 0) is 0 Å². The minimum Gasteiger partial charge on any atom is -0.0654 e. The molecule has 4 rings (SSSR count). The van der Waals surface area contributed by atoms with Crippen molar-refractivity contribution in [1.29, 1.82) is 0 Å². The average molecular weight is 876 g/mol. The van der Waals surface area contributed by atoms with Crippen molar-refractivity contribution in [2.24, 2.45) is 0 Å². The molecule has 0 radical (unpaired) electrons. The Kier molecular flexibility index (Phi) is 18.5. The molecule has 0 bridgehead atoms. The topological polar surface area (TPSA) is 23.4 Å². The van der Waals surface area contributed by atoms with Crippen LogP contribution < -0.4 is 17.6 Å². The molecule has 0 saturated heterocycles. The van der Waals surface area contributed by atoms with Gasteiger partial charge in [-0.25, -0.2) is 0 Å². The predicted molar refractivity (Wildman–Crippen MR) is 240 cm³/mol. The van der Waals surface area contributed by atoms with Gasteiger partial charge in [0.2, 0.25) is 0 Å². The van der Waals surface area contributed by atoms with Crippen molar-refractivity contribution >= 4 is 72.8 Å². The summed E-state index contributed by atoms with van der Waals surface area (Å²) < 4.78 is 22.8. The number of hydrogen-bond acceptors (Lipinski definition) is 2. The van der Waals surface area contributed by atoms with Crippen LogP contribution in [0.1, 0.15) is 148 Å². The summed E-state index contributed by atoms with van der Waals surface area (Å²) in [7, 11) is -2.75. The third-order valence-corrected chi connectivity index (χ3v) is 27.3. The fraction of sp³-hybridized carbons (Fsp3) is 0.689. The van der Waals surface area contributed by atoms with Crippen molar-refractivity contribution < 1.29 is 9.47 Å². The molecule has 0 fully saturated rings. The number of aromatic nitrogens is 1. The summed E-state index contributed by atoms with van der Waals surface area (Å²) >= 11 is 0.892. The summed E-state index contributed by atoms with van der Waals surface area (Å²) in [6.07, 6.45) is 26.8. The van der Waals surface area contributed by atoms with E-state index in [1.807, 2.05) is 0 Å². The fourth-order valence-corrected chi connectivity index (χ4v) is 18.4. The summed E-state index contributed by atoms with van der Waals surface area (Å²) in [4.78, 5) is 0. The van der Waals surface area contributed by atoms with Gasteiger partial charge in [0.15, 0.2) is 0 Å². The van der Waals surface area contributed by atoms with E-state index in [0.29, 0.717) is 29.0 Å². The van der Waals surface area contributed by atoms with Crippen LogP contribution >= 0.6 is 0 Å². The minimum absolute atomic E-state index is 0.446. The number of nitrogens with zero attached hydrogens (tertiary/aromatic N) is 1. The van der Waals surface area contributed by atoms with E-state index in [9.17, 15) is 0 Å². The maximum atomic E-state index is 6.72. The van der Waals surface area contributed by atoms with E-state index in [1.54, 1.807) is 16.6 Å². The summed E-state index contributed by atoms with van der Waals surface area (Å²) in [5.74, 6) is 1.92. The van der Waals surface area contributed by atoms with Gasteiger partial charge in [-0.15, -0.1) is 0 Å². The van der Waals surface area contributed by atoms with Crippen molar-refractivity contribution in [3.8, 4) is 17.2 Å². The Labute approximate surface area is 333 Å². The molecule has 292 valence electrons. The SMILES string of the molecule is CCCCCCCCCCCCOc1cc(-n2c3cc([Si](C)(C)C)[se]c3c3[se]c([Si](C)(C)C)cc32)cc(C)c1OCCCCCCCCCCCC. The zero-order valence-electron chi connectivity index (χ0n) is 34.9. The molecule has 0 spiro atoms. The van der Waals surface area contributed by atoms with Crippen LogP contribution in [0, 0.1) is 6.92 Å². The summed E-state index contributed by atoms with van der Waals surface area (Å²) in [5, 5.41) is 0. The third kappa shape index (κ3) is 13.1. The molecule has 3 heterocycles. The molecule has 7 heteroatoms. The molecule has 0 aliphatic heterocycles. The van der Waals surface area contributed by atoms with Crippen LogP contribution in [0.3, 0.4) is 0 Å². The predicted octanol–water partition coefficient (Wildman–Crippen LogP) is 12.9. The van der Waals surface area contributed by atoms with Crippen LogP contribution in [0.15, 0.2) is 24.3 Å². The molecule has 1 aromatic carbocycles. The number of ether oxygens (including phenoxy) is 2. The van der Waals surface area contributed by atoms with Gasteiger partial charge in [-0.05, 0) is 0 Å². The van der Waals surface area contributed by atoms with Gasteiger partial charge in [-0.1, -0.05) is 97.3 Å². The average Bonchev–Trinajstić information content (AvgIpc) is 3.78. The van der Waals surface area contributed by atoms with Gasteiger partial charge in [0, 0.05) is 0 Å². The molecule has 0 atom stereocenters. The summed E-state index contributed by atoms with van der Waals surface area (Å²) in [6, 6.07) is 9.93. The second-order valence-corrected chi connectivity index (χ2v) is 33.8. The normalized spacial score (nSPS) is 12.5. The molecule has 0 aliphatic rings. The number of aryl methyl sites for hydroxylation is 1. The zero-order valence-corrected chi connectivity index (χ0v) is 40.4. The molecule has 0 aliphatic carbocycles. The van der Waals surface area contributed by atoms with E-state index in [0.717, 1.165) is 37.6 Å². The third-order valence-electron chi connectivity index (χ3n) is 10.6. The number of rotatable bonds is 27. The number of benzene rings is 1. The Morgan fingerprint density at radius 1 is 0.500 bits per heavy atom. The van der Waals surface area contributed by atoms with Gasteiger partial charge >= 0.3 is 238 Å². The molecular formula is C45H75NO2Se2Si2. The first-order valence-corrected chi connectivity index (χ1v) is 31.9. The Morgan fingerprint density at radius 3 is 1.29 bits per heavy atom. The Balaban J connectivity index is 1.50. The smallest absolute Gasteiger partial charge is 0.0654 e. The Bertz CT molecular complexity index is 1550. The minimum atomic E-state index is -1.38. The standard InChI is InChI=1S/C45H75NO2Se2Si2/c1-10-12-14-16-18-20-22-24-26-28-30-47-40-33-37(32-36(3)43(40)48-31-29-27-25-23-21-19-17-15-13-11-2)46-38-34-41(51(4,5)6)49-44(38)45-39(46)35-42(50-45)52(7,8)9/h32-35H,10-31H2,1-9H3. The zero-order chi connectivity index (χ0) is 37.6. The van der Waals surface area contributed by atoms with Gasteiger partial charge in [0.25, 0.3) is 0 Å². The van der Waals surface area contributed by atoms with E-state index < -0.39 is 16.1 Å². The molecule has 0 N–H and O–H groups in total. The van der Waals surface area contributed by atoms with E-state index in [1.165, 1.54) is 138 Å². The van der Waals surface area contributed by atoms with Crippen LogP contribution in [-0.4, -0.2) is 62.9 Å². The first kappa shape index (κ1) is 43.8. The molecule has 52 heavy (non-hydrogen) atoms. The number of hydrogen-bond donors (Lipinski definition) is 0. The maximum absolute atomic E-state index is 6.72. The van der Waals surface area contributed by atoms with Gasteiger partial charge in [0.05, 0.1) is 0 Å². The van der Waals surface area contributed by atoms with Crippen LogP contribution in [0.4, 0.5) is 0 Å². The van der Waals surface area contributed by atoms with E-state index in [4.69, 9.17) is 9.47 Å². The van der Waals surface area contributed by atoms with E-state index >= 15 is 0 Å². The molecule has 3 nitrogen and oxygen atoms in total. The van der Waals surface area contributed by atoms with Crippen molar-refractivity contribution in [3.05, 3.63) is 29.8 Å². The molecule has 0 saturated carbocycles. The quantitative estimate of drug-likeness (QED) is 0.0440. The summed E-state index contributed by atoms with van der Waals surface area (Å²) in [5.41, 5.74) is 5.39. The second kappa shape index (κ2) is 22.0. The Morgan fingerprint density at radius 2 is 0.885 bits per heavy atom. The number of unbranched alkanes of at least 4 members (excludes halogenated alkanes) is 18. The molecule has 0 unspecified atom stereocenters. The van der Waals surface area contributed by atoms with Crippen LogP contribution in [0.25, 0.3) is 25.2 Å². The monoisotopic (exact) mass is 877 g/mol. The van der Waals surface area contributed by atoms with Crippen molar-refractivity contribution in [1.82, 2.24) is 4.57 Å².